The zero-order chi connectivity index (χ0) is 19.5. The molecule has 0 fully saturated rings. The molecule has 0 radical (unpaired) electrons. The van der Waals surface area contributed by atoms with Crippen molar-refractivity contribution in [1.29, 1.82) is 0 Å². The average Bonchev–Trinajstić information content (AvgIpc) is 2.71. The van der Waals surface area contributed by atoms with Crippen molar-refractivity contribution in [1.82, 2.24) is 9.97 Å². The van der Waals surface area contributed by atoms with Crippen LogP contribution in [0.5, 0.6) is 11.5 Å². The lowest BCUT2D eigenvalue weighted by atomic mass is 10.2. The topological polar surface area (TPSA) is 47.0 Å². The van der Waals surface area contributed by atoms with Gasteiger partial charge in [0.05, 0.1) is 10.5 Å². The number of rotatable bonds is 4. The Morgan fingerprint density at radius 3 is 2.64 bits per heavy atom. The summed E-state index contributed by atoms with van der Waals surface area (Å²) < 4.78 is 5.97. The van der Waals surface area contributed by atoms with Gasteiger partial charge in [0.15, 0.2) is 0 Å². The van der Waals surface area contributed by atoms with Crippen molar-refractivity contribution < 1.29 is 4.74 Å². The molecular weight excluding hydrogens is 370 g/mol. The first-order valence-electron chi connectivity index (χ1n) is 8.65. The van der Waals surface area contributed by atoms with Crippen molar-refractivity contribution >= 4 is 34.0 Å². The Morgan fingerprint density at radius 2 is 1.86 bits per heavy atom. The van der Waals surface area contributed by atoms with Crippen molar-refractivity contribution in [3.05, 3.63) is 83.1 Å². The lowest BCUT2D eigenvalue weighted by Gasteiger charge is -2.12. The maximum atomic E-state index is 6.41. The Labute approximate surface area is 168 Å². The molecule has 136 valence electrons. The van der Waals surface area contributed by atoms with Crippen molar-refractivity contribution in [2.24, 2.45) is 0 Å². The minimum absolute atomic E-state index is 0.479. The number of hydrogen-bond acceptors (Lipinski definition) is 4. The molecule has 4 nitrogen and oxygen atoms in total. The van der Waals surface area contributed by atoms with Gasteiger partial charge in [0.1, 0.15) is 23.6 Å². The lowest BCUT2D eigenvalue weighted by Crippen LogP contribution is -1.97. The Kier molecular flexibility index (Phi) is 4.84. The third-order valence-electron chi connectivity index (χ3n) is 4.23. The highest BCUT2D eigenvalue weighted by Gasteiger charge is 2.11. The van der Waals surface area contributed by atoms with Crippen LogP contribution in [0.3, 0.4) is 0 Å². The number of benzene rings is 3. The molecule has 0 bridgehead atoms. The van der Waals surface area contributed by atoms with E-state index in [1.165, 1.54) is 6.33 Å². The quantitative estimate of drug-likeness (QED) is 0.430. The van der Waals surface area contributed by atoms with Crippen LogP contribution in [0, 0.1) is 19.3 Å². The number of halogens is 1. The number of ether oxygens (including phenoxy) is 1. The Bertz CT molecular complexity index is 1200. The number of nitrogens with zero attached hydrogens (tertiary/aromatic N) is 2. The minimum atomic E-state index is 0.479. The molecule has 0 saturated carbocycles. The van der Waals surface area contributed by atoms with Crippen LogP contribution in [0.2, 0.25) is 5.02 Å². The summed E-state index contributed by atoms with van der Waals surface area (Å²) in [5.41, 5.74) is 3.50. The molecule has 1 heterocycles. The smallest absolute Gasteiger partial charge is 0.146 e. The van der Waals surface area contributed by atoms with Gasteiger partial charge in [0, 0.05) is 16.6 Å². The standard InChI is InChI=1S/C23H16ClN3O/c1-3-16-5-4-6-17(11-16)27-23-19-12-22(20(24)13-21(19)25-14-26-23)28-18-9-7-15(2)8-10-18/h1,4-14H,2H3,(H,25,26,27). The monoisotopic (exact) mass is 385 g/mol. The number of hydrogen-bond donors (Lipinski definition) is 1. The maximum absolute atomic E-state index is 6.41. The molecule has 0 aliphatic rings. The summed E-state index contributed by atoms with van der Waals surface area (Å²) in [5, 5.41) is 4.56. The molecule has 4 rings (SSSR count). The van der Waals surface area contributed by atoms with Crippen LogP contribution >= 0.6 is 11.6 Å². The van der Waals surface area contributed by atoms with Crippen LogP contribution in [0.1, 0.15) is 11.1 Å². The van der Waals surface area contributed by atoms with Crippen LogP contribution in [0.4, 0.5) is 11.5 Å². The van der Waals surface area contributed by atoms with Crippen molar-refractivity contribution in [2.45, 2.75) is 6.92 Å². The van der Waals surface area contributed by atoms with Gasteiger partial charge in [-0.1, -0.05) is 41.3 Å². The molecule has 5 heteroatoms. The van der Waals surface area contributed by atoms with Crippen LogP contribution < -0.4 is 10.1 Å². The summed E-state index contributed by atoms with van der Waals surface area (Å²) in [7, 11) is 0. The zero-order valence-electron chi connectivity index (χ0n) is 15.1. The van der Waals surface area contributed by atoms with Gasteiger partial charge >= 0.3 is 0 Å². The van der Waals surface area contributed by atoms with Gasteiger partial charge in [-0.25, -0.2) is 9.97 Å². The zero-order valence-corrected chi connectivity index (χ0v) is 15.9. The van der Waals surface area contributed by atoms with E-state index in [4.69, 9.17) is 22.8 Å². The first-order valence-corrected chi connectivity index (χ1v) is 9.02. The third kappa shape index (κ3) is 3.75. The van der Waals surface area contributed by atoms with Crippen molar-refractivity contribution in [2.75, 3.05) is 5.32 Å². The molecule has 3 aromatic carbocycles. The van der Waals surface area contributed by atoms with E-state index in [0.717, 1.165) is 22.2 Å². The number of aryl methyl sites for hydroxylation is 1. The fourth-order valence-corrected chi connectivity index (χ4v) is 2.99. The molecule has 1 aromatic heterocycles. The van der Waals surface area contributed by atoms with E-state index >= 15 is 0 Å². The third-order valence-corrected chi connectivity index (χ3v) is 4.53. The number of terminal acetylenes is 1. The molecule has 0 unspecified atom stereocenters. The molecule has 0 aliphatic carbocycles. The van der Waals surface area contributed by atoms with E-state index in [1.807, 2.05) is 61.5 Å². The second kappa shape index (κ2) is 7.59. The highest BCUT2D eigenvalue weighted by atomic mass is 35.5. The van der Waals surface area contributed by atoms with Gasteiger partial charge in [0.2, 0.25) is 0 Å². The molecule has 0 aliphatic heterocycles. The van der Waals surface area contributed by atoms with Gasteiger partial charge in [-0.2, -0.15) is 0 Å². The van der Waals surface area contributed by atoms with Gasteiger partial charge in [-0.3, -0.25) is 0 Å². The van der Waals surface area contributed by atoms with E-state index in [-0.39, 0.29) is 0 Å². The SMILES string of the molecule is C#Cc1cccc(Nc2ncnc3cc(Cl)c(Oc4ccc(C)cc4)cc23)c1. The molecular formula is C23H16ClN3O. The predicted octanol–water partition coefficient (Wildman–Crippen LogP) is 6.11. The molecule has 28 heavy (non-hydrogen) atoms. The normalized spacial score (nSPS) is 10.5. The molecule has 0 saturated heterocycles. The number of fused-ring (bicyclic) bond motifs is 1. The maximum Gasteiger partial charge on any atom is 0.146 e. The lowest BCUT2D eigenvalue weighted by molar-refractivity contribution is 0.483. The summed E-state index contributed by atoms with van der Waals surface area (Å²) in [6.07, 6.45) is 6.98. The fraction of sp³-hybridized carbons (Fsp3) is 0.0435. The minimum Gasteiger partial charge on any atom is -0.456 e. The molecule has 0 amide bonds. The summed E-state index contributed by atoms with van der Waals surface area (Å²) in [5.74, 6) is 4.51. The highest BCUT2D eigenvalue weighted by molar-refractivity contribution is 6.33. The molecule has 0 atom stereocenters. The van der Waals surface area contributed by atoms with Crippen molar-refractivity contribution in [3.8, 4) is 23.8 Å². The molecule has 4 aromatic rings. The highest BCUT2D eigenvalue weighted by Crippen LogP contribution is 2.35. The van der Waals surface area contributed by atoms with E-state index in [2.05, 4.69) is 21.2 Å². The second-order valence-electron chi connectivity index (χ2n) is 6.29. The molecule has 0 spiro atoms. The van der Waals surface area contributed by atoms with Gasteiger partial charge in [-0.15, -0.1) is 6.42 Å². The van der Waals surface area contributed by atoms with E-state index in [0.29, 0.717) is 27.9 Å². The summed E-state index contributed by atoms with van der Waals surface area (Å²) in [4.78, 5) is 8.69. The fourth-order valence-electron chi connectivity index (χ4n) is 2.79. The van der Waals surface area contributed by atoms with Gasteiger partial charge in [0.25, 0.3) is 0 Å². The Hall–Kier alpha value is -3.55. The van der Waals surface area contributed by atoms with Crippen LogP contribution in [0.25, 0.3) is 10.9 Å². The average molecular weight is 386 g/mol. The second-order valence-corrected chi connectivity index (χ2v) is 6.69. The summed E-state index contributed by atoms with van der Waals surface area (Å²) in [6, 6.07) is 19.0. The largest absolute Gasteiger partial charge is 0.456 e. The van der Waals surface area contributed by atoms with E-state index < -0.39 is 0 Å². The van der Waals surface area contributed by atoms with Crippen LogP contribution in [-0.4, -0.2) is 9.97 Å². The first kappa shape index (κ1) is 17.8. The summed E-state index contributed by atoms with van der Waals surface area (Å²) >= 11 is 6.41. The molecule has 1 N–H and O–H groups in total. The van der Waals surface area contributed by atoms with Crippen molar-refractivity contribution in [3.63, 3.8) is 0 Å². The summed E-state index contributed by atoms with van der Waals surface area (Å²) in [6.45, 7) is 2.03. The first-order chi connectivity index (χ1) is 13.6. The Balaban J connectivity index is 1.73. The van der Waals surface area contributed by atoms with Gasteiger partial charge < -0.3 is 10.1 Å². The van der Waals surface area contributed by atoms with E-state index in [1.54, 1.807) is 6.07 Å². The number of aromatic nitrogens is 2. The van der Waals surface area contributed by atoms with Crippen LogP contribution in [0.15, 0.2) is 67.0 Å². The predicted molar refractivity (Wildman–Crippen MR) is 113 cm³/mol. The van der Waals surface area contributed by atoms with Gasteiger partial charge in [-0.05, 0) is 49.4 Å². The van der Waals surface area contributed by atoms with E-state index in [9.17, 15) is 0 Å². The number of nitrogens with one attached hydrogen (secondary N) is 1. The number of anilines is 2. The van der Waals surface area contributed by atoms with Crippen LogP contribution in [-0.2, 0) is 0 Å². The Morgan fingerprint density at radius 1 is 1.04 bits per heavy atom.